The smallest absolute Gasteiger partial charge is 0.305 e. The largest absolute Gasteiger partial charge is 0.307 e. The van der Waals surface area contributed by atoms with E-state index in [2.05, 4.69) is 4.98 Å². The number of hydrogen-bond donors (Lipinski definition) is 1. The van der Waals surface area contributed by atoms with Crippen LogP contribution < -0.4 is 9.77 Å². The van der Waals surface area contributed by atoms with E-state index in [1.165, 1.54) is 28.4 Å². The van der Waals surface area contributed by atoms with Gasteiger partial charge in [-0.2, -0.15) is 0 Å². The molecule has 2 saturated carbocycles. The van der Waals surface area contributed by atoms with E-state index >= 15 is 0 Å². The van der Waals surface area contributed by atoms with E-state index in [0.717, 1.165) is 21.9 Å². The third kappa shape index (κ3) is 2.62. The molecule has 5 nitrogen and oxygen atoms in total. The molecular formula is C25H19FN2O3S2. The molecule has 0 radical (unpaired) electrons. The van der Waals surface area contributed by atoms with Crippen molar-refractivity contribution in [2.24, 2.45) is 29.6 Å². The maximum Gasteiger partial charge on any atom is 0.305 e. The number of anilines is 1. The summed E-state index contributed by atoms with van der Waals surface area (Å²) in [5.74, 6) is -0.946. The molecule has 1 saturated heterocycles. The monoisotopic (exact) mass is 478 g/mol. The number of amides is 2. The van der Waals surface area contributed by atoms with Gasteiger partial charge in [-0.1, -0.05) is 41.7 Å². The van der Waals surface area contributed by atoms with E-state index < -0.39 is 0 Å². The van der Waals surface area contributed by atoms with Gasteiger partial charge in [-0.3, -0.25) is 19.3 Å². The van der Waals surface area contributed by atoms with Crippen molar-refractivity contribution in [3.05, 3.63) is 80.5 Å². The highest BCUT2D eigenvalue weighted by Crippen LogP contribution is 2.68. The Bertz CT molecular complexity index is 1350. The molecule has 166 valence electrons. The average molecular weight is 479 g/mol. The van der Waals surface area contributed by atoms with Crippen LogP contribution in [-0.2, 0) is 9.59 Å². The maximum atomic E-state index is 13.7. The van der Waals surface area contributed by atoms with Gasteiger partial charge in [0.05, 0.1) is 22.5 Å². The van der Waals surface area contributed by atoms with Crippen LogP contribution in [0.3, 0.4) is 0 Å². The number of rotatable bonds is 2. The molecule has 7 rings (SSSR count). The fraction of sp³-hybridized carbons (Fsp3) is 0.320. The molecule has 2 bridgehead atoms. The molecule has 3 heterocycles. The molecule has 7 atom stereocenters. The second kappa shape index (κ2) is 6.90. The van der Waals surface area contributed by atoms with Crippen molar-refractivity contribution in [3.63, 3.8) is 0 Å². The Labute approximate surface area is 197 Å². The first-order valence-corrected chi connectivity index (χ1v) is 12.8. The predicted molar refractivity (Wildman–Crippen MR) is 124 cm³/mol. The zero-order chi connectivity index (χ0) is 22.4. The van der Waals surface area contributed by atoms with Crippen LogP contribution in [0.25, 0.3) is 0 Å². The molecule has 2 amide bonds. The summed E-state index contributed by atoms with van der Waals surface area (Å²) in [4.78, 5) is 44.6. The number of thiazole rings is 1. The van der Waals surface area contributed by atoms with Crippen LogP contribution in [0, 0.1) is 35.4 Å². The van der Waals surface area contributed by atoms with E-state index in [0.29, 0.717) is 5.69 Å². The third-order valence-electron chi connectivity index (χ3n) is 7.97. The van der Waals surface area contributed by atoms with Crippen molar-refractivity contribution in [1.29, 1.82) is 0 Å². The number of carbonyl (C=O) groups is 2. The van der Waals surface area contributed by atoms with Gasteiger partial charge in [-0.05, 0) is 54.0 Å². The molecule has 1 aromatic heterocycles. The summed E-state index contributed by atoms with van der Waals surface area (Å²) in [6, 6.07) is 15.7. The van der Waals surface area contributed by atoms with Gasteiger partial charge < -0.3 is 4.98 Å². The molecule has 4 aliphatic rings. The number of aromatic amines is 1. The lowest BCUT2D eigenvalue weighted by atomic mass is 9.68. The van der Waals surface area contributed by atoms with Crippen molar-refractivity contribution >= 4 is 40.6 Å². The number of hydrogen-bond acceptors (Lipinski definition) is 5. The van der Waals surface area contributed by atoms with E-state index in [4.69, 9.17) is 0 Å². The van der Waals surface area contributed by atoms with Crippen LogP contribution in [0.15, 0.2) is 64.4 Å². The van der Waals surface area contributed by atoms with E-state index in [9.17, 15) is 18.8 Å². The number of thioether (sulfide) groups is 1. The number of para-hydroxylation sites is 1. The summed E-state index contributed by atoms with van der Waals surface area (Å²) in [5.41, 5.74) is 1.60. The van der Waals surface area contributed by atoms with Gasteiger partial charge in [-0.15, -0.1) is 11.8 Å². The number of nitrogens with zero attached hydrogens (tertiary/aromatic N) is 1. The zero-order valence-electron chi connectivity index (χ0n) is 17.3. The van der Waals surface area contributed by atoms with Crippen LogP contribution >= 0.6 is 23.1 Å². The quantitative estimate of drug-likeness (QED) is 0.559. The second-order valence-electron chi connectivity index (χ2n) is 9.36. The van der Waals surface area contributed by atoms with Gasteiger partial charge in [0.2, 0.25) is 11.8 Å². The highest BCUT2D eigenvalue weighted by atomic mass is 32.2. The average Bonchev–Trinajstić information content (AvgIpc) is 3.54. The van der Waals surface area contributed by atoms with Crippen LogP contribution in [0.2, 0.25) is 0 Å². The molecule has 3 aromatic rings. The lowest BCUT2D eigenvalue weighted by Gasteiger charge is -2.43. The van der Waals surface area contributed by atoms with Crippen molar-refractivity contribution in [3.8, 4) is 0 Å². The summed E-state index contributed by atoms with van der Waals surface area (Å²) in [5, 5.41) is 0.998. The topological polar surface area (TPSA) is 70.2 Å². The van der Waals surface area contributed by atoms with E-state index in [1.807, 2.05) is 30.3 Å². The van der Waals surface area contributed by atoms with Crippen molar-refractivity contribution in [2.45, 2.75) is 22.6 Å². The second-order valence-corrected chi connectivity index (χ2v) is 11.6. The van der Waals surface area contributed by atoms with Gasteiger partial charge >= 0.3 is 4.87 Å². The molecule has 2 aromatic carbocycles. The molecule has 33 heavy (non-hydrogen) atoms. The Kier molecular flexibility index (Phi) is 4.13. The summed E-state index contributed by atoms with van der Waals surface area (Å²) in [6.07, 6.45) is 0.842. The Morgan fingerprint density at radius 1 is 0.909 bits per heavy atom. The van der Waals surface area contributed by atoms with Gasteiger partial charge in [0.1, 0.15) is 5.82 Å². The fourth-order valence-electron chi connectivity index (χ4n) is 6.89. The Hall–Kier alpha value is -2.71. The number of imide groups is 1. The molecular weight excluding hydrogens is 459 g/mol. The lowest BCUT2D eigenvalue weighted by molar-refractivity contribution is -0.123. The zero-order valence-corrected chi connectivity index (χ0v) is 18.9. The van der Waals surface area contributed by atoms with E-state index in [-0.39, 0.29) is 63.3 Å². The Balaban J connectivity index is 1.34. The summed E-state index contributed by atoms with van der Waals surface area (Å²) >= 11 is 2.87. The van der Waals surface area contributed by atoms with Gasteiger partial charge in [-0.25, -0.2) is 4.39 Å². The number of fused-ring (bicyclic) bond motifs is 9. The Morgan fingerprint density at radius 2 is 1.61 bits per heavy atom. The number of benzene rings is 2. The highest BCUT2D eigenvalue weighted by molar-refractivity contribution is 8.00. The summed E-state index contributed by atoms with van der Waals surface area (Å²) in [6.45, 7) is 0. The minimum absolute atomic E-state index is 0.0584. The molecule has 8 heteroatoms. The van der Waals surface area contributed by atoms with Crippen molar-refractivity contribution in [1.82, 2.24) is 4.98 Å². The molecule has 0 unspecified atom stereocenters. The van der Waals surface area contributed by atoms with Gasteiger partial charge in [0.25, 0.3) is 0 Å². The fourth-order valence-corrected chi connectivity index (χ4v) is 9.78. The minimum atomic E-state index is -0.329. The number of carbonyl (C=O) groups excluding carboxylic acids is 2. The number of H-pyrrole nitrogens is 1. The third-order valence-corrected chi connectivity index (χ3v) is 10.6. The Morgan fingerprint density at radius 3 is 2.33 bits per heavy atom. The molecule has 2 aliphatic carbocycles. The first kappa shape index (κ1) is 19.7. The first-order valence-electron chi connectivity index (χ1n) is 11.1. The van der Waals surface area contributed by atoms with Crippen LogP contribution in [0.1, 0.15) is 22.8 Å². The minimum Gasteiger partial charge on any atom is -0.307 e. The van der Waals surface area contributed by atoms with Gasteiger partial charge in [0.15, 0.2) is 0 Å². The van der Waals surface area contributed by atoms with Crippen molar-refractivity contribution in [2.75, 3.05) is 4.90 Å². The SMILES string of the molecule is O=C1[C@@H]2[C@@H]3C[C@@H]([C@H]4Sc5[nH]c(=O)sc5[C@H](c5ccc(F)cc5)[C@H]34)[C@@H]2C(=O)N1c1ccccc1. The summed E-state index contributed by atoms with van der Waals surface area (Å²) < 4.78 is 13.7. The molecule has 3 fully saturated rings. The number of halogens is 1. The normalized spacial score (nSPS) is 33.8. The highest BCUT2D eigenvalue weighted by Gasteiger charge is 2.69. The standard InChI is InChI=1S/C25H19FN2O3S2/c26-12-8-6-11(7-9-12)16-17-14-10-15(20(17)32-22-21(16)33-25(31)27-22)19-18(14)23(29)28(24(19)30)13-4-2-1-3-5-13/h1-9,14-20H,10H2,(H,27,31)/t14-,15-,16-,17+,18-,19+,20-/m1/s1. The van der Waals surface area contributed by atoms with Crippen LogP contribution in [-0.4, -0.2) is 22.0 Å². The number of nitrogens with one attached hydrogen (secondary N) is 1. The number of aromatic nitrogens is 1. The lowest BCUT2D eigenvalue weighted by Crippen LogP contribution is -2.42. The predicted octanol–water partition coefficient (Wildman–Crippen LogP) is 4.25. The van der Waals surface area contributed by atoms with Crippen molar-refractivity contribution < 1.29 is 14.0 Å². The molecule has 0 spiro atoms. The van der Waals surface area contributed by atoms with Crippen LogP contribution in [0.4, 0.5) is 10.1 Å². The molecule has 1 N–H and O–H groups in total. The van der Waals surface area contributed by atoms with Gasteiger partial charge in [0, 0.05) is 16.0 Å². The summed E-state index contributed by atoms with van der Waals surface area (Å²) in [7, 11) is 0. The maximum absolute atomic E-state index is 13.7. The van der Waals surface area contributed by atoms with Crippen LogP contribution in [0.5, 0.6) is 0 Å². The van der Waals surface area contributed by atoms with E-state index in [1.54, 1.807) is 23.9 Å². The first-order chi connectivity index (χ1) is 16.0. The molecule has 2 aliphatic heterocycles.